The number of hydrogen-bond acceptors (Lipinski definition) is 5. The molecule has 0 unspecified atom stereocenters. The van der Waals surface area contributed by atoms with E-state index in [1.165, 1.54) is 0 Å². The van der Waals surface area contributed by atoms with E-state index in [0.717, 1.165) is 11.8 Å². The van der Waals surface area contributed by atoms with Gasteiger partial charge in [-0.05, 0) is 17.7 Å². The third-order valence-corrected chi connectivity index (χ3v) is 2.47. The Morgan fingerprint density at radius 2 is 1.88 bits per heavy atom. The first-order valence-corrected chi connectivity index (χ1v) is 6.74. The molecule has 5 nitrogen and oxygen atoms in total. The number of hydrogen-bond donors (Lipinski definition) is 0. The highest BCUT2D eigenvalue weighted by Gasteiger charge is 2.00. The first-order valence-electron chi connectivity index (χ1n) is 4.92. The molecule has 1 aromatic rings. The molecular weight excluding hydrogens is 242 g/mol. The van der Waals surface area contributed by atoms with Crippen LogP contribution in [0.2, 0.25) is 0 Å². The second-order valence-corrected chi connectivity index (χ2v) is 5.03. The zero-order valence-corrected chi connectivity index (χ0v) is 10.2. The molecule has 17 heavy (non-hydrogen) atoms. The first kappa shape index (κ1) is 13.6. The molecule has 0 amide bonds. The maximum absolute atomic E-state index is 10.6. The molecule has 1 aromatic carbocycles. The van der Waals surface area contributed by atoms with Crippen LogP contribution in [0.3, 0.4) is 0 Å². The lowest BCUT2D eigenvalue weighted by Gasteiger charge is -2.04. The molecule has 0 fully saturated rings. The van der Waals surface area contributed by atoms with Crippen LogP contribution >= 0.6 is 0 Å². The van der Waals surface area contributed by atoms with Crippen molar-refractivity contribution in [1.82, 2.24) is 0 Å². The lowest BCUT2D eigenvalue weighted by molar-refractivity contribution is 0.0911. The van der Waals surface area contributed by atoms with E-state index in [1.54, 1.807) is 24.3 Å². The van der Waals surface area contributed by atoms with Crippen LogP contribution in [0.25, 0.3) is 0 Å². The van der Waals surface area contributed by atoms with E-state index in [0.29, 0.717) is 12.2 Å². The number of benzene rings is 1. The summed E-state index contributed by atoms with van der Waals surface area (Å²) in [5.41, 5.74) is 1.51. The first-order chi connectivity index (χ1) is 8.01. The monoisotopic (exact) mass is 255 g/mol. The number of nitriles is 1. The SMILES string of the molecule is CS(=O)(=O)OCCOCc1ccc(C#N)cc1. The summed E-state index contributed by atoms with van der Waals surface area (Å²) in [4.78, 5) is 0. The molecular formula is C11H13NO4S. The van der Waals surface area contributed by atoms with Crippen LogP contribution in [0.1, 0.15) is 11.1 Å². The molecule has 0 aliphatic heterocycles. The predicted octanol–water partition coefficient (Wildman–Crippen LogP) is 1.05. The number of nitrogens with zero attached hydrogens (tertiary/aromatic N) is 1. The lowest BCUT2D eigenvalue weighted by atomic mass is 10.2. The third kappa shape index (κ3) is 6.02. The lowest BCUT2D eigenvalue weighted by Crippen LogP contribution is -2.09. The Bertz CT molecular complexity index is 487. The van der Waals surface area contributed by atoms with E-state index < -0.39 is 10.1 Å². The van der Waals surface area contributed by atoms with Crippen molar-refractivity contribution in [3.05, 3.63) is 35.4 Å². The Balaban J connectivity index is 2.25. The van der Waals surface area contributed by atoms with E-state index >= 15 is 0 Å². The van der Waals surface area contributed by atoms with E-state index in [4.69, 9.17) is 10.00 Å². The second-order valence-electron chi connectivity index (χ2n) is 3.39. The summed E-state index contributed by atoms with van der Waals surface area (Å²) in [7, 11) is -3.39. The minimum absolute atomic E-state index is 0.00904. The molecule has 0 bridgehead atoms. The van der Waals surface area contributed by atoms with Gasteiger partial charge in [-0.15, -0.1) is 0 Å². The normalized spacial score (nSPS) is 11.1. The zero-order valence-electron chi connectivity index (χ0n) is 9.42. The minimum Gasteiger partial charge on any atom is -0.374 e. The van der Waals surface area contributed by atoms with Gasteiger partial charge in [0, 0.05) is 0 Å². The van der Waals surface area contributed by atoms with Gasteiger partial charge in [0.2, 0.25) is 0 Å². The fourth-order valence-corrected chi connectivity index (χ4v) is 1.48. The van der Waals surface area contributed by atoms with Gasteiger partial charge >= 0.3 is 0 Å². The van der Waals surface area contributed by atoms with Crippen molar-refractivity contribution in [3.63, 3.8) is 0 Å². The van der Waals surface area contributed by atoms with Gasteiger partial charge in [0.05, 0.1) is 37.7 Å². The van der Waals surface area contributed by atoms with Gasteiger partial charge in [-0.3, -0.25) is 4.18 Å². The van der Waals surface area contributed by atoms with Gasteiger partial charge < -0.3 is 4.74 Å². The molecule has 0 heterocycles. The van der Waals surface area contributed by atoms with Crippen LogP contribution in [-0.2, 0) is 25.6 Å². The molecule has 0 spiro atoms. The van der Waals surface area contributed by atoms with Gasteiger partial charge in [-0.1, -0.05) is 12.1 Å². The highest BCUT2D eigenvalue weighted by molar-refractivity contribution is 7.85. The average molecular weight is 255 g/mol. The molecule has 6 heteroatoms. The summed E-state index contributed by atoms with van der Waals surface area (Å²) >= 11 is 0. The standard InChI is InChI=1S/C11H13NO4S/c1-17(13,14)16-7-6-15-9-11-4-2-10(8-12)3-5-11/h2-5H,6-7,9H2,1H3. The maximum atomic E-state index is 10.6. The number of rotatable bonds is 6. The highest BCUT2D eigenvalue weighted by atomic mass is 32.2. The summed E-state index contributed by atoms with van der Waals surface area (Å²) in [6.45, 7) is 0.570. The second kappa shape index (κ2) is 6.35. The Labute approximate surface area is 101 Å². The van der Waals surface area contributed by atoms with Gasteiger partial charge in [-0.25, -0.2) is 0 Å². The molecule has 0 aromatic heterocycles. The Morgan fingerprint density at radius 1 is 1.24 bits per heavy atom. The van der Waals surface area contributed by atoms with Crippen LogP contribution in [0.4, 0.5) is 0 Å². The van der Waals surface area contributed by atoms with Crippen LogP contribution < -0.4 is 0 Å². The van der Waals surface area contributed by atoms with Gasteiger partial charge in [0.15, 0.2) is 0 Å². The Morgan fingerprint density at radius 3 is 2.41 bits per heavy atom. The molecule has 1 rings (SSSR count). The third-order valence-electron chi connectivity index (χ3n) is 1.88. The van der Waals surface area contributed by atoms with Crippen molar-refractivity contribution in [2.24, 2.45) is 0 Å². The Kier molecular flexibility index (Phi) is 5.10. The van der Waals surface area contributed by atoms with Gasteiger partial charge in [0.25, 0.3) is 10.1 Å². The maximum Gasteiger partial charge on any atom is 0.264 e. The zero-order chi connectivity index (χ0) is 12.7. The Hall–Kier alpha value is -1.42. The van der Waals surface area contributed by atoms with Crippen molar-refractivity contribution < 1.29 is 17.3 Å². The summed E-state index contributed by atoms with van der Waals surface area (Å²) in [6.07, 6.45) is 0.994. The highest BCUT2D eigenvalue weighted by Crippen LogP contribution is 2.04. The average Bonchev–Trinajstić information content (AvgIpc) is 2.28. The van der Waals surface area contributed by atoms with Crippen LogP contribution in [0, 0.1) is 11.3 Å². The van der Waals surface area contributed by atoms with Gasteiger partial charge in [0.1, 0.15) is 0 Å². The topological polar surface area (TPSA) is 76.4 Å². The summed E-state index contributed by atoms with van der Waals surface area (Å²) < 4.78 is 31.0. The molecule has 92 valence electrons. The minimum atomic E-state index is -3.39. The van der Waals surface area contributed by atoms with E-state index in [2.05, 4.69) is 4.18 Å². The van der Waals surface area contributed by atoms with Crippen molar-refractivity contribution in [2.75, 3.05) is 19.5 Å². The van der Waals surface area contributed by atoms with Crippen LogP contribution in [0.5, 0.6) is 0 Å². The van der Waals surface area contributed by atoms with E-state index in [-0.39, 0.29) is 13.2 Å². The molecule has 0 saturated carbocycles. The molecule has 0 N–H and O–H groups in total. The van der Waals surface area contributed by atoms with E-state index in [9.17, 15) is 8.42 Å². The van der Waals surface area contributed by atoms with Crippen molar-refractivity contribution in [2.45, 2.75) is 6.61 Å². The van der Waals surface area contributed by atoms with Gasteiger partial charge in [-0.2, -0.15) is 13.7 Å². The largest absolute Gasteiger partial charge is 0.374 e. The quantitative estimate of drug-likeness (QED) is 0.561. The fraction of sp³-hybridized carbons (Fsp3) is 0.364. The molecule has 0 aliphatic rings. The molecule has 0 atom stereocenters. The molecule has 0 aliphatic carbocycles. The smallest absolute Gasteiger partial charge is 0.264 e. The van der Waals surface area contributed by atoms with Crippen molar-refractivity contribution in [3.8, 4) is 6.07 Å². The summed E-state index contributed by atoms with van der Waals surface area (Å²) in [5, 5.41) is 8.60. The number of ether oxygens (including phenoxy) is 1. The van der Waals surface area contributed by atoms with Crippen LogP contribution in [-0.4, -0.2) is 27.9 Å². The van der Waals surface area contributed by atoms with Crippen LogP contribution in [0.15, 0.2) is 24.3 Å². The summed E-state index contributed by atoms with van der Waals surface area (Å²) in [5.74, 6) is 0. The molecule has 0 radical (unpaired) electrons. The van der Waals surface area contributed by atoms with Crippen molar-refractivity contribution in [1.29, 1.82) is 5.26 Å². The van der Waals surface area contributed by atoms with E-state index in [1.807, 2.05) is 6.07 Å². The predicted molar refractivity (Wildman–Crippen MR) is 61.6 cm³/mol. The molecule has 0 saturated heterocycles. The fourth-order valence-electron chi connectivity index (χ4n) is 1.11. The summed E-state index contributed by atoms with van der Waals surface area (Å²) in [6, 6.07) is 9.00. The van der Waals surface area contributed by atoms with Crippen molar-refractivity contribution >= 4 is 10.1 Å².